The standard InChI is InChI=1S/C24H28N6O3.ClH/c1-14(2)27-22-17(9-25)8-18(10-26-22)24-28-23(29-33-24)21-5-4-16-11-30(12-19(32)13-31)7-6-20(16)15(21)3;/h4-5,8,10,14,19,31-32H,6-7,11-13H2,1-3H3,(H,26,27);1H/t19-;/m0./s1. The van der Waals surface area contributed by atoms with Gasteiger partial charge in [-0.25, -0.2) is 4.98 Å². The minimum absolute atomic E-state index is 0. The number of aromatic nitrogens is 3. The number of hydrogen-bond acceptors (Lipinski definition) is 9. The Hall–Kier alpha value is -3.03. The monoisotopic (exact) mass is 484 g/mol. The number of aliphatic hydroxyl groups is 2. The maximum atomic E-state index is 9.74. The molecule has 3 heterocycles. The lowest BCUT2D eigenvalue weighted by molar-refractivity contribution is 0.0551. The number of halogens is 1. The van der Waals surface area contributed by atoms with Crippen LogP contribution in [0.4, 0.5) is 5.82 Å². The Morgan fingerprint density at radius 3 is 2.82 bits per heavy atom. The Balaban J connectivity index is 0.00000324. The summed E-state index contributed by atoms with van der Waals surface area (Å²) in [7, 11) is 0. The summed E-state index contributed by atoms with van der Waals surface area (Å²) in [5.74, 6) is 1.33. The van der Waals surface area contributed by atoms with Crippen LogP contribution in [-0.4, -0.2) is 62.1 Å². The summed E-state index contributed by atoms with van der Waals surface area (Å²) in [6.45, 7) is 7.79. The van der Waals surface area contributed by atoms with E-state index >= 15 is 0 Å². The van der Waals surface area contributed by atoms with Crippen LogP contribution in [0.3, 0.4) is 0 Å². The lowest BCUT2D eigenvalue weighted by Crippen LogP contribution is -2.38. The van der Waals surface area contributed by atoms with E-state index in [0.29, 0.717) is 35.2 Å². The highest BCUT2D eigenvalue weighted by atomic mass is 35.5. The van der Waals surface area contributed by atoms with Crippen LogP contribution in [0.5, 0.6) is 0 Å². The van der Waals surface area contributed by atoms with Crippen molar-refractivity contribution in [2.75, 3.05) is 25.0 Å². The molecule has 9 nitrogen and oxygen atoms in total. The predicted octanol–water partition coefficient (Wildman–Crippen LogP) is 2.93. The Kier molecular flexibility index (Phi) is 8.23. The molecule has 1 atom stereocenters. The van der Waals surface area contributed by atoms with E-state index in [1.54, 1.807) is 12.3 Å². The molecule has 0 saturated carbocycles. The minimum atomic E-state index is -0.726. The number of β-amino-alcohol motifs (C(OH)–C–C–N with tert-alkyl or cyclic N) is 1. The molecule has 0 bridgehead atoms. The van der Waals surface area contributed by atoms with E-state index in [-0.39, 0.29) is 25.1 Å². The predicted molar refractivity (Wildman–Crippen MR) is 130 cm³/mol. The maximum absolute atomic E-state index is 9.74. The zero-order valence-corrected chi connectivity index (χ0v) is 20.3. The van der Waals surface area contributed by atoms with Gasteiger partial charge in [-0.1, -0.05) is 17.3 Å². The molecular formula is C24H29ClN6O3. The number of fused-ring (bicyclic) bond motifs is 1. The van der Waals surface area contributed by atoms with Gasteiger partial charge in [0, 0.05) is 37.4 Å². The molecule has 0 amide bonds. The van der Waals surface area contributed by atoms with Gasteiger partial charge >= 0.3 is 0 Å². The number of benzene rings is 1. The molecule has 180 valence electrons. The zero-order chi connectivity index (χ0) is 23.5. The van der Waals surface area contributed by atoms with Gasteiger partial charge in [-0.15, -0.1) is 12.4 Å². The number of nitriles is 1. The third-order valence-corrected chi connectivity index (χ3v) is 5.79. The first-order valence-corrected chi connectivity index (χ1v) is 11.0. The summed E-state index contributed by atoms with van der Waals surface area (Å²) in [4.78, 5) is 11.1. The molecular weight excluding hydrogens is 456 g/mol. The summed E-state index contributed by atoms with van der Waals surface area (Å²) in [5.41, 5.74) is 5.47. The molecule has 0 aliphatic carbocycles. The van der Waals surface area contributed by atoms with Crippen molar-refractivity contribution in [3.63, 3.8) is 0 Å². The number of hydrogen-bond donors (Lipinski definition) is 3. The van der Waals surface area contributed by atoms with Crippen LogP contribution < -0.4 is 5.32 Å². The number of pyridine rings is 1. The van der Waals surface area contributed by atoms with Gasteiger partial charge in [0.25, 0.3) is 5.89 Å². The van der Waals surface area contributed by atoms with E-state index in [0.717, 1.165) is 30.6 Å². The van der Waals surface area contributed by atoms with Crippen LogP contribution in [0.25, 0.3) is 22.8 Å². The topological polar surface area (TPSA) is 131 Å². The van der Waals surface area contributed by atoms with Gasteiger partial charge in [-0.05, 0) is 49.9 Å². The van der Waals surface area contributed by atoms with Crippen molar-refractivity contribution in [2.45, 2.75) is 45.9 Å². The number of anilines is 1. The first kappa shape index (κ1) is 25.6. The second-order valence-electron chi connectivity index (χ2n) is 8.65. The highest BCUT2D eigenvalue weighted by molar-refractivity contribution is 5.85. The molecule has 0 unspecified atom stereocenters. The summed E-state index contributed by atoms with van der Waals surface area (Å²) >= 11 is 0. The van der Waals surface area contributed by atoms with Crippen LogP contribution in [-0.2, 0) is 13.0 Å². The minimum Gasteiger partial charge on any atom is -0.394 e. The number of nitrogens with one attached hydrogen (secondary N) is 1. The lowest BCUT2D eigenvalue weighted by Gasteiger charge is -2.31. The molecule has 0 radical (unpaired) electrons. The molecule has 0 saturated heterocycles. The summed E-state index contributed by atoms with van der Waals surface area (Å²) in [5, 5.41) is 35.7. The molecule has 34 heavy (non-hydrogen) atoms. The van der Waals surface area contributed by atoms with Crippen molar-refractivity contribution in [1.29, 1.82) is 5.26 Å². The second-order valence-corrected chi connectivity index (χ2v) is 8.65. The molecule has 1 aromatic carbocycles. The molecule has 0 spiro atoms. The fourth-order valence-corrected chi connectivity index (χ4v) is 4.16. The van der Waals surface area contributed by atoms with Crippen LogP contribution in [0.15, 0.2) is 28.9 Å². The van der Waals surface area contributed by atoms with Crippen LogP contribution in [0.1, 0.15) is 36.1 Å². The summed E-state index contributed by atoms with van der Waals surface area (Å²) in [6, 6.07) is 8.07. The first-order chi connectivity index (χ1) is 15.9. The molecule has 3 aromatic rings. The molecule has 0 fully saturated rings. The van der Waals surface area contributed by atoms with Crippen LogP contribution >= 0.6 is 12.4 Å². The van der Waals surface area contributed by atoms with Crippen molar-refractivity contribution in [3.8, 4) is 28.9 Å². The van der Waals surface area contributed by atoms with Crippen molar-refractivity contribution >= 4 is 18.2 Å². The fraction of sp³-hybridized carbons (Fsp3) is 0.417. The fourth-order valence-electron chi connectivity index (χ4n) is 4.16. The highest BCUT2D eigenvalue weighted by Gasteiger charge is 2.23. The van der Waals surface area contributed by atoms with Crippen molar-refractivity contribution < 1.29 is 14.7 Å². The Morgan fingerprint density at radius 2 is 2.12 bits per heavy atom. The average molecular weight is 485 g/mol. The third kappa shape index (κ3) is 5.37. The van der Waals surface area contributed by atoms with E-state index in [2.05, 4.69) is 44.4 Å². The molecule has 1 aliphatic rings. The summed E-state index contributed by atoms with van der Waals surface area (Å²) in [6.07, 6.45) is 1.74. The van der Waals surface area contributed by atoms with Gasteiger partial charge < -0.3 is 20.1 Å². The number of nitrogens with zero attached hydrogens (tertiary/aromatic N) is 5. The summed E-state index contributed by atoms with van der Waals surface area (Å²) < 4.78 is 5.51. The third-order valence-electron chi connectivity index (χ3n) is 5.79. The van der Waals surface area contributed by atoms with Gasteiger partial charge in [0.15, 0.2) is 0 Å². The van der Waals surface area contributed by atoms with Gasteiger partial charge in [0.2, 0.25) is 5.82 Å². The van der Waals surface area contributed by atoms with E-state index in [9.17, 15) is 10.4 Å². The average Bonchev–Trinajstić information content (AvgIpc) is 3.29. The maximum Gasteiger partial charge on any atom is 0.259 e. The Morgan fingerprint density at radius 1 is 1.32 bits per heavy atom. The van der Waals surface area contributed by atoms with Gasteiger partial charge in [0.1, 0.15) is 11.9 Å². The Labute approximate surface area is 204 Å². The molecule has 1 aliphatic heterocycles. The Bertz CT molecular complexity index is 1190. The molecule has 3 N–H and O–H groups in total. The van der Waals surface area contributed by atoms with Gasteiger partial charge in [-0.3, -0.25) is 4.90 Å². The largest absolute Gasteiger partial charge is 0.394 e. The van der Waals surface area contributed by atoms with Gasteiger partial charge in [0.05, 0.1) is 23.8 Å². The van der Waals surface area contributed by atoms with Gasteiger partial charge in [-0.2, -0.15) is 10.2 Å². The van der Waals surface area contributed by atoms with E-state index < -0.39 is 6.10 Å². The van der Waals surface area contributed by atoms with Crippen molar-refractivity contribution in [3.05, 3.63) is 46.6 Å². The van der Waals surface area contributed by atoms with E-state index in [4.69, 9.17) is 9.63 Å². The van der Waals surface area contributed by atoms with E-state index in [1.165, 1.54) is 11.1 Å². The van der Waals surface area contributed by atoms with Crippen LogP contribution in [0, 0.1) is 18.3 Å². The van der Waals surface area contributed by atoms with Crippen LogP contribution in [0.2, 0.25) is 0 Å². The normalized spacial score (nSPS) is 14.3. The smallest absolute Gasteiger partial charge is 0.259 e. The lowest BCUT2D eigenvalue weighted by atomic mass is 9.91. The molecule has 2 aromatic heterocycles. The highest BCUT2D eigenvalue weighted by Crippen LogP contribution is 2.31. The zero-order valence-electron chi connectivity index (χ0n) is 19.4. The van der Waals surface area contributed by atoms with Crippen molar-refractivity contribution in [2.24, 2.45) is 0 Å². The molecule has 10 heteroatoms. The second kappa shape index (κ2) is 10.9. The van der Waals surface area contributed by atoms with Crippen molar-refractivity contribution in [1.82, 2.24) is 20.0 Å². The number of aliphatic hydroxyl groups excluding tert-OH is 2. The first-order valence-electron chi connectivity index (χ1n) is 11.0. The van der Waals surface area contributed by atoms with E-state index in [1.807, 2.05) is 19.9 Å². The SMILES string of the molecule is Cc1c(-c2noc(-c3cnc(NC(C)C)c(C#N)c3)n2)ccc2c1CCN(C[C@H](O)CO)C2.Cl. The quantitative estimate of drug-likeness (QED) is 0.463. The number of rotatable bonds is 7. The molecule has 4 rings (SSSR count).